The summed E-state index contributed by atoms with van der Waals surface area (Å²) in [6.07, 6.45) is 5.64. The monoisotopic (exact) mass is 508 g/mol. The second-order valence-electron chi connectivity index (χ2n) is 8.03. The van der Waals surface area contributed by atoms with Gasteiger partial charge >= 0.3 is 0 Å². The van der Waals surface area contributed by atoms with Gasteiger partial charge < -0.3 is 14.8 Å². The molecule has 2 aromatic heterocycles. The molecular formula is C29H24N4O3S. The molecule has 0 radical (unpaired) electrons. The van der Waals surface area contributed by atoms with Gasteiger partial charge in [0.15, 0.2) is 11.5 Å². The van der Waals surface area contributed by atoms with Gasteiger partial charge in [0.1, 0.15) is 0 Å². The summed E-state index contributed by atoms with van der Waals surface area (Å²) in [7, 11) is 3.13. The van der Waals surface area contributed by atoms with Crippen molar-refractivity contribution >= 4 is 46.4 Å². The molecule has 0 spiro atoms. The Kier molecular flexibility index (Phi) is 7.19. The minimum Gasteiger partial charge on any atom is -0.493 e. The molecule has 1 amide bonds. The second kappa shape index (κ2) is 11.0. The van der Waals surface area contributed by atoms with E-state index in [1.807, 2.05) is 72.8 Å². The summed E-state index contributed by atoms with van der Waals surface area (Å²) in [5, 5.41) is 11.5. The molecule has 0 atom stereocenters. The van der Waals surface area contributed by atoms with Crippen LogP contribution in [0.2, 0.25) is 0 Å². The quantitative estimate of drug-likeness (QED) is 0.247. The average Bonchev–Trinajstić information content (AvgIpc) is 3.34. The Morgan fingerprint density at radius 2 is 1.76 bits per heavy atom. The van der Waals surface area contributed by atoms with Crippen molar-refractivity contribution in [3.8, 4) is 11.5 Å². The lowest BCUT2D eigenvalue weighted by atomic mass is 10.2. The van der Waals surface area contributed by atoms with Gasteiger partial charge in [0.2, 0.25) is 0 Å². The molecule has 5 rings (SSSR count). The zero-order chi connectivity index (χ0) is 25.6. The first-order valence-corrected chi connectivity index (χ1v) is 12.3. The van der Waals surface area contributed by atoms with E-state index in [1.54, 1.807) is 38.6 Å². The van der Waals surface area contributed by atoms with Crippen LogP contribution in [-0.4, -0.2) is 35.3 Å². The number of aromatic nitrogens is 3. The molecule has 0 aliphatic carbocycles. The highest BCUT2D eigenvalue weighted by molar-refractivity contribution is 7.99. The maximum Gasteiger partial charge on any atom is 0.256 e. The summed E-state index contributed by atoms with van der Waals surface area (Å²) >= 11 is 1.52. The molecule has 0 bridgehead atoms. The molecule has 0 aliphatic rings. The normalized spacial score (nSPS) is 11.1. The summed E-state index contributed by atoms with van der Waals surface area (Å²) in [6, 6.07) is 24.7. The molecule has 184 valence electrons. The van der Waals surface area contributed by atoms with Gasteiger partial charge in [0, 0.05) is 33.1 Å². The van der Waals surface area contributed by atoms with Crippen LogP contribution in [0.3, 0.4) is 0 Å². The van der Waals surface area contributed by atoms with Crippen molar-refractivity contribution in [1.29, 1.82) is 0 Å². The highest BCUT2D eigenvalue weighted by Gasteiger charge is 2.14. The van der Waals surface area contributed by atoms with E-state index < -0.39 is 0 Å². The molecule has 2 N–H and O–H groups in total. The van der Waals surface area contributed by atoms with E-state index in [-0.39, 0.29) is 5.91 Å². The van der Waals surface area contributed by atoms with Gasteiger partial charge in [-0.15, -0.1) is 0 Å². The van der Waals surface area contributed by atoms with Crippen molar-refractivity contribution in [2.24, 2.45) is 0 Å². The lowest BCUT2D eigenvalue weighted by molar-refractivity contribution is 0.102. The molecule has 8 heteroatoms. The third kappa shape index (κ3) is 5.49. The Labute approximate surface area is 218 Å². The topological polar surface area (TPSA) is 89.1 Å². The van der Waals surface area contributed by atoms with Crippen LogP contribution in [0.4, 0.5) is 5.69 Å². The van der Waals surface area contributed by atoms with Crippen LogP contribution in [0, 0.1) is 0 Å². The Balaban J connectivity index is 1.35. The highest BCUT2D eigenvalue weighted by Crippen LogP contribution is 2.34. The SMILES string of the molecule is COc1ccc(NC(=O)c2ccccc2Sc2ccc3c(/C=C/c4ccccn4)n[nH]c3c2)cc1OC. The lowest BCUT2D eigenvalue weighted by Crippen LogP contribution is -2.13. The minimum atomic E-state index is -0.208. The molecule has 0 unspecified atom stereocenters. The number of methoxy groups -OCH3 is 2. The molecule has 0 fully saturated rings. The number of carbonyl (C=O) groups excluding carboxylic acids is 1. The summed E-state index contributed by atoms with van der Waals surface area (Å²) < 4.78 is 10.6. The van der Waals surface area contributed by atoms with Crippen molar-refractivity contribution in [1.82, 2.24) is 15.2 Å². The summed E-state index contributed by atoms with van der Waals surface area (Å²) in [5.41, 5.74) is 3.82. The van der Waals surface area contributed by atoms with E-state index in [4.69, 9.17) is 9.47 Å². The molecule has 0 aliphatic heterocycles. The number of nitrogens with zero attached hydrogens (tertiary/aromatic N) is 2. The zero-order valence-corrected chi connectivity index (χ0v) is 21.1. The molecule has 2 heterocycles. The van der Waals surface area contributed by atoms with Crippen LogP contribution in [0.25, 0.3) is 23.1 Å². The third-order valence-electron chi connectivity index (χ3n) is 5.66. The Morgan fingerprint density at radius 1 is 0.919 bits per heavy atom. The fourth-order valence-corrected chi connectivity index (χ4v) is 4.82. The number of nitrogens with one attached hydrogen (secondary N) is 2. The molecule has 5 aromatic rings. The van der Waals surface area contributed by atoms with Gasteiger partial charge in [-0.25, -0.2) is 0 Å². The predicted octanol–water partition coefficient (Wildman–Crippen LogP) is 6.55. The van der Waals surface area contributed by atoms with E-state index in [0.717, 1.165) is 32.1 Å². The number of anilines is 1. The summed E-state index contributed by atoms with van der Waals surface area (Å²) in [6.45, 7) is 0. The van der Waals surface area contributed by atoms with Crippen LogP contribution in [0.1, 0.15) is 21.7 Å². The maximum atomic E-state index is 13.2. The van der Waals surface area contributed by atoms with Gasteiger partial charge in [-0.2, -0.15) is 5.10 Å². The lowest BCUT2D eigenvalue weighted by Gasteiger charge is -2.12. The molecule has 0 saturated heterocycles. The molecule has 3 aromatic carbocycles. The van der Waals surface area contributed by atoms with Crippen LogP contribution in [0.5, 0.6) is 11.5 Å². The van der Waals surface area contributed by atoms with Crippen LogP contribution < -0.4 is 14.8 Å². The van der Waals surface area contributed by atoms with Crippen molar-refractivity contribution in [2.45, 2.75) is 9.79 Å². The number of aromatic amines is 1. The number of rotatable bonds is 8. The van der Waals surface area contributed by atoms with E-state index in [9.17, 15) is 4.79 Å². The third-order valence-corrected chi connectivity index (χ3v) is 6.73. The molecular weight excluding hydrogens is 484 g/mol. The van der Waals surface area contributed by atoms with Crippen molar-refractivity contribution in [3.63, 3.8) is 0 Å². The zero-order valence-electron chi connectivity index (χ0n) is 20.3. The minimum absolute atomic E-state index is 0.208. The molecule has 0 saturated carbocycles. The van der Waals surface area contributed by atoms with Crippen molar-refractivity contribution in [3.05, 3.63) is 102 Å². The number of carbonyl (C=O) groups is 1. The van der Waals surface area contributed by atoms with Crippen LogP contribution in [-0.2, 0) is 0 Å². The number of fused-ring (bicyclic) bond motifs is 1. The number of benzene rings is 3. The first kappa shape index (κ1) is 24.1. The fraction of sp³-hybridized carbons (Fsp3) is 0.0690. The Bertz CT molecular complexity index is 1580. The van der Waals surface area contributed by atoms with E-state index in [0.29, 0.717) is 22.7 Å². The first-order chi connectivity index (χ1) is 18.1. The number of amides is 1. The first-order valence-electron chi connectivity index (χ1n) is 11.5. The second-order valence-corrected chi connectivity index (χ2v) is 9.14. The number of ether oxygens (including phenoxy) is 2. The smallest absolute Gasteiger partial charge is 0.256 e. The standard InChI is InChI=1S/C29H24N4O3S/c1-35-26-15-11-20(17-27(26)36-2)31-29(34)23-8-3-4-9-28(23)37-21-12-13-22-24(32-33-25(22)18-21)14-10-19-7-5-6-16-30-19/h3-18H,1-2H3,(H,31,34)(H,32,33)/b14-10+. The van der Waals surface area contributed by atoms with E-state index in [1.165, 1.54) is 11.8 Å². The average molecular weight is 509 g/mol. The maximum absolute atomic E-state index is 13.2. The van der Waals surface area contributed by atoms with E-state index in [2.05, 4.69) is 20.5 Å². The Hall–Kier alpha value is -4.56. The molecule has 37 heavy (non-hydrogen) atoms. The number of pyridine rings is 1. The van der Waals surface area contributed by atoms with Crippen LogP contribution >= 0.6 is 11.8 Å². The summed E-state index contributed by atoms with van der Waals surface area (Å²) in [5.74, 6) is 0.936. The van der Waals surface area contributed by atoms with Gasteiger partial charge in [0.25, 0.3) is 5.91 Å². The predicted molar refractivity (Wildman–Crippen MR) is 147 cm³/mol. The van der Waals surface area contributed by atoms with E-state index >= 15 is 0 Å². The summed E-state index contributed by atoms with van der Waals surface area (Å²) in [4.78, 5) is 19.3. The largest absolute Gasteiger partial charge is 0.493 e. The van der Waals surface area contributed by atoms with Gasteiger partial charge in [-0.1, -0.05) is 30.0 Å². The fourth-order valence-electron chi connectivity index (χ4n) is 3.83. The van der Waals surface area contributed by atoms with Crippen LogP contribution in [0.15, 0.2) is 94.9 Å². The Morgan fingerprint density at radius 3 is 2.57 bits per heavy atom. The number of hydrogen-bond donors (Lipinski definition) is 2. The van der Waals surface area contributed by atoms with Gasteiger partial charge in [0.05, 0.1) is 36.7 Å². The van der Waals surface area contributed by atoms with Gasteiger partial charge in [-0.3, -0.25) is 14.9 Å². The highest BCUT2D eigenvalue weighted by atomic mass is 32.2. The molecule has 7 nitrogen and oxygen atoms in total. The van der Waals surface area contributed by atoms with Crippen molar-refractivity contribution < 1.29 is 14.3 Å². The van der Waals surface area contributed by atoms with Crippen molar-refractivity contribution in [2.75, 3.05) is 19.5 Å². The number of H-pyrrole nitrogens is 1. The van der Waals surface area contributed by atoms with Gasteiger partial charge in [-0.05, 0) is 66.7 Å². The number of hydrogen-bond acceptors (Lipinski definition) is 6.